The molecule has 0 spiro atoms. The molecule has 0 unspecified atom stereocenters. The van der Waals surface area contributed by atoms with Crippen molar-refractivity contribution in [3.8, 4) is 11.4 Å². The summed E-state index contributed by atoms with van der Waals surface area (Å²) in [6, 6.07) is 5.46. The predicted molar refractivity (Wildman–Crippen MR) is 57.8 cm³/mol. The average molecular weight is 256 g/mol. The van der Waals surface area contributed by atoms with Crippen LogP contribution < -0.4 is 5.14 Å². The zero-order chi connectivity index (χ0) is 12.6. The first-order valence-corrected chi connectivity index (χ1v) is 6.12. The first-order valence-electron chi connectivity index (χ1n) is 4.58. The second-order valence-electron chi connectivity index (χ2n) is 3.42. The van der Waals surface area contributed by atoms with Gasteiger partial charge < -0.3 is 0 Å². The molecule has 0 aliphatic carbocycles. The van der Waals surface area contributed by atoms with Crippen LogP contribution >= 0.6 is 0 Å². The molecule has 1 aromatic heterocycles. The molecule has 0 aliphatic rings. The summed E-state index contributed by atoms with van der Waals surface area (Å²) in [6.07, 6.45) is 0. The van der Waals surface area contributed by atoms with Gasteiger partial charge >= 0.3 is 0 Å². The number of hydrogen-bond acceptors (Lipinski definition) is 4. The molecule has 2 aromatic rings. The van der Waals surface area contributed by atoms with Gasteiger partial charge in [-0.2, -0.15) is 0 Å². The highest BCUT2D eigenvalue weighted by Crippen LogP contribution is 2.18. The fraction of sp³-hybridized carbons (Fsp3) is 0.111. The Morgan fingerprint density at radius 1 is 1.24 bits per heavy atom. The normalized spacial score (nSPS) is 11.7. The molecule has 1 aromatic carbocycles. The van der Waals surface area contributed by atoms with Gasteiger partial charge in [0.2, 0.25) is 0 Å². The first-order chi connectivity index (χ1) is 7.89. The van der Waals surface area contributed by atoms with E-state index >= 15 is 0 Å². The largest absolute Gasteiger partial charge is 0.300 e. The van der Waals surface area contributed by atoms with Crippen LogP contribution in [0, 0.1) is 5.82 Å². The van der Waals surface area contributed by atoms with Crippen LogP contribution in [0.1, 0.15) is 0 Å². The van der Waals surface area contributed by atoms with Gasteiger partial charge in [0.05, 0.1) is 0 Å². The second-order valence-corrected chi connectivity index (χ2v) is 4.87. The number of halogens is 1. The van der Waals surface area contributed by atoms with Crippen molar-refractivity contribution in [2.24, 2.45) is 12.2 Å². The molecule has 0 saturated carbocycles. The van der Waals surface area contributed by atoms with Gasteiger partial charge in [-0.3, -0.25) is 4.57 Å². The molecular formula is C9H9FN4O2S. The van der Waals surface area contributed by atoms with Gasteiger partial charge in [-0.15, -0.1) is 10.2 Å². The number of hydrogen-bond donors (Lipinski definition) is 1. The maximum absolute atomic E-state index is 12.7. The van der Waals surface area contributed by atoms with E-state index in [2.05, 4.69) is 10.2 Å². The van der Waals surface area contributed by atoms with Crippen LogP contribution in [-0.4, -0.2) is 23.2 Å². The van der Waals surface area contributed by atoms with E-state index in [-0.39, 0.29) is 11.0 Å². The Labute approximate surface area is 96.9 Å². The van der Waals surface area contributed by atoms with E-state index in [0.29, 0.717) is 11.4 Å². The fourth-order valence-electron chi connectivity index (χ4n) is 1.41. The molecule has 0 saturated heterocycles. The lowest BCUT2D eigenvalue weighted by molar-refractivity contribution is 0.580. The zero-order valence-corrected chi connectivity index (χ0v) is 9.65. The minimum atomic E-state index is -3.91. The van der Waals surface area contributed by atoms with Gasteiger partial charge in [0, 0.05) is 12.6 Å². The average Bonchev–Trinajstić information content (AvgIpc) is 2.61. The number of benzene rings is 1. The minimum absolute atomic E-state index is 0.300. The van der Waals surface area contributed by atoms with E-state index in [1.165, 1.54) is 35.9 Å². The van der Waals surface area contributed by atoms with E-state index in [1.54, 1.807) is 0 Å². The standard InChI is InChI=1S/C9H9FN4O2S/c1-14-8(6-2-4-7(10)5-3-6)12-13-9(14)17(11,15)16/h2-5H,1H3,(H2,11,15,16). The quantitative estimate of drug-likeness (QED) is 0.834. The highest BCUT2D eigenvalue weighted by atomic mass is 32.2. The van der Waals surface area contributed by atoms with Crippen LogP contribution in [0.4, 0.5) is 4.39 Å². The Morgan fingerprint density at radius 3 is 2.29 bits per heavy atom. The highest BCUT2D eigenvalue weighted by Gasteiger charge is 2.19. The summed E-state index contributed by atoms with van der Waals surface area (Å²) in [5, 5.41) is 11.8. The molecule has 0 atom stereocenters. The van der Waals surface area contributed by atoms with Crippen molar-refractivity contribution in [1.82, 2.24) is 14.8 Å². The number of rotatable bonds is 2. The Balaban J connectivity index is 2.55. The molecule has 0 bridgehead atoms. The first kappa shape index (κ1) is 11.7. The van der Waals surface area contributed by atoms with Crippen molar-refractivity contribution < 1.29 is 12.8 Å². The minimum Gasteiger partial charge on any atom is -0.300 e. The third-order valence-electron chi connectivity index (χ3n) is 2.19. The lowest BCUT2D eigenvalue weighted by Gasteiger charge is -2.02. The van der Waals surface area contributed by atoms with Crippen molar-refractivity contribution in [2.45, 2.75) is 5.16 Å². The summed E-state index contributed by atoms with van der Waals surface area (Å²) in [5.74, 6) is -0.0865. The van der Waals surface area contributed by atoms with Crippen molar-refractivity contribution in [1.29, 1.82) is 0 Å². The van der Waals surface area contributed by atoms with Crippen LogP contribution in [0.15, 0.2) is 29.4 Å². The van der Waals surface area contributed by atoms with Crippen LogP contribution in [0.2, 0.25) is 0 Å². The highest BCUT2D eigenvalue weighted by molar-refractivity contribution is 7.89. The maximum atomic E-state index is 12.7. The molecule has 0 fully saturated rings. The number of sulfonamides is 1. The summed E-state index contributed by atoms with van der Waals surface area (Å²) >= 11 is 0. The van der Waals surface area contributed by atoms with Gasteiger partial charge in [0.15, 0.2) is 5.82 Å². The van der Waals surface area contributed by atoms with Crippen LogP contribution in [0.3, 0.4) is 0 Å². The lowest BCUT2D eigenvalue weighted by atomic mass is 10.2. The molecule has 0 radical (unpaired) electrons. The number of nitrogens with zero attached hydrogens (tertiary/aromatic N) is 3. The predicted octanol–water partition coefficient (Wildman–Crippen LogP) is 0.269. The molecule has 0 amide bonds. The van der Waals surface area contributed by atoms with Gasteiger partial charge in [-0.25, -0.2) is 17.9 Å². The third kappa shape index (κ3) is 2.17. The van der Waals surface area contributed by atoms with E-state index in [4.69, 9.17) is 5.14 Å². The summed E-state index contributed by atoms with van der Waals surface area (Å²) < 4.78 is 36.3. The Morgan fingerprint density at radius 2 is 1.82 bits per heavy atom. The summed E-state index contributed by atoms with van der Waals surface area (Å²) in [4.78, 5) is 0. The maximum Gasteiger partial charge on any atom is 0.273 e. The third-order valence-corrected chi connectivity index (χ3v) is 3.06. The molecule has 8 heteroatoms. The van der Waals surface area contributed by atoms with E-state index < -0.39 is 10.0 Å². The van der Waals surface area contributed by atoms with E-state index in [1.807, 2.05) is 0 Å². The molecule has 90 valence electrons. The van der Waals surface area contributed by atoms with Gasteiger partial charge in [-0.1, -0.05) is 0 Å². The second kappa shape index (κ2) is 3.90. The van der Waals surface area contributed by atoms with Gasteiger partial charge in [0.1, 0.15) is 5.82 Å². The monoisotopic (exact) mass is 256 g/mol. The Bertz CT molecular complexity index is 648. The van der Waals surface area contributed by atoms with Crippen molar-refractivity contribution >= 4 is 10.0 Å². The SMILES string of the molecule is Cn1c(-c2ccc(F)cc2)nnc1S(N)(=O)=O. The molecule has 17 heavy (non-hydrogen) atoms. The fourth-order valence-corrected chi connectivity index (χ4v) is 2.04. The summed E-state index contributed by atoms with van der Waals surface area (Å²) in [7, 11) is -2.44. The van der Waals surface area contributed by atoms with Crippen LogP contribution in [-0.2, 0) is 17.1 Å². The van der Waals surface area contributed by atoms with Crippen molar-refractivity contribution in [3.05, 3.63) is 30.1 Å². The molecule has 6 nitrogen and oxygen atoms in total. The lowest BCUT2D eigenvalue weighted by Crippen LogP contribution is -2.17. The van der Waals surface area contributed by atoms with Gasteiger partial charge in [-0.05, 0) is 24.3 Å². The molecular weight excluding hydrogens is 247 g/mol. The zero-order valence-electron chi connectivity index (χ0n) is 8.83. The van der Waals surface area contributed by atoms with Crippen LogP contribution in [0.5, 0.6) is 0 Å². The Hall–Kier alpha value is -1.80. The smallest absolute Gasteiger partial charge is 0.273 e. The van der Waals surface area contributed by atoms with Crippen molar-refractivity contribution in [2.75, 3.05) is 0 Å². The molecule has 1 heterocycles. The number of nitrogens with two attached hydrogens (primary N) is 1. The van der Waals surface area contributed by atoms with Crippen LogP contribution in [0.25, 0.3) is 11.4 Å². The van der Waals surface area contributed by atoms with E-state index in [0.717, 1.165) is 0 Å². The summed E-state index contributed by atoms with van der Waals surface area (Å²) in [6.45, 7) is 0. The van der Waals surface area contributed by atoms with Crippen molar-refractivity contribution in [3.63, 3.8) is 0 Å². The molecule has 0 aliphatic heterocycles. The van der Waals surface area contributed by atoms with Gasteiger partial charge in [0.25, 0.3) is 15.2 Å². The van der Waals surface area contributed by atoms with E-state index in [9.17, 15) is 12.8 Å². The number of aromatic nitrogens is 3. The summed E-state index contributed by atoms with van der Waals surface area (Å²) in [5.41, 5.74) is 0.552. The Kier molecular flexibility index (Phi) is 2.68. The number of primary sulfonamides is 1. The molecule has 2 N–H and O–H groups in total. The topological polar surface area (TPSA) is 90.9 Å². The molecule has 2 rings (SSSR count).